The third-order valence-electron chi connectivity index (χ3n) is 3.96. The number of hydrogen-bond donors (Lipinski definition) is 2. The molecule has 23 heavy (non-hydrogen) atoms. The molecule has 124 valence electrons. The van der Waals surface area contributed by atoms with Gasteiger partial charge in [-0.25, -0.2) is 0 Å². The van der Waals surface area contributed by atoms with Crippen LogP contribution in [0.3, 0.4) is 0 Å². The van der Waals surface area contributed by atoms with Gasteiger partial charge in [0.2, 0.25) is 0 Å². The van der Waals surface area contributed by atoms with E-state index in [1.165, 1.54) is 28.0 Å². The number of nitrogens with two attached hydrogens (primary N) is 1. The fraction of sp³-hybridized carbons (Fsp3) is 0.368. The summed E-state index contributed by atoms with van der Waals surface area (Å²) >= 11 is 3.18. The fourth-order valence-corrected chi connectivity index (χ4v) is 3.78. The summed E-state index contributed by atoms with van der Waals surface area (Å²) in [4.78, 5) is 2.42. The molecule has 2 aromatic rings. The molecule has 0 aliphatic carbocycles. The molecular weight excluding hydrogens is 322 g/mol. The maximum atomic E-state index is 9.55. The van der Waals surface area contributed by atoms with Gasteiger partial charge in [-0.3, -0.25) is 5.14 Å². The third-order valence-corrected chi connectivity index (χ3v) is 6.21. The average Bonchev–Trinajstić information content (AvgIpc) is 2.56. The minimum absolute atomic E-state index is 0.0707. The summed E-state index contributed by atoms with van der Waals surface area (Å²) in [6.45, 7) is 6.58. The minimum atomic E-state index is 0.0707. The van der Waals surface area contributed by atoms with Crippen LogP contribution in [-0.2, 0) is 13.0 Å². The van der Waals surface area contributed by atoms with Gasteiger partial charge in [-0.05, 0) is 56.4 Å². The molecule has 0 radical (unpaired) electrons. The van der Waals surface area contributed by atoms with Crippen LogP contribution >= 0.6 is 23.7 Å². The molecule has 0 aromatic heterocycles. The monoisotopic (exact) mass is 347 g/mol. The van der Waals surface area contributed by atoms with Crippen molar-refractivity contribution in [1.82, 2.24) is 0 Å². The Labute approximate surface area is 148 Å². The first kappa shape index (κ1) is 18.4. The quantitative estimate of drug-likeness (QED) is 0.695. The van der Waals surface area contributed by atoms with Gasteiger partial charge in [0.1, 0.15) is 0 Å². The summed E-state index contributed by atoms with van der Waals surface area (Å²) in [6, 6.07) is 14.5. The molecule has 4 heteroatoms. The third kappa shape index (κ3) is 5.01. The zero-order valence-electron chi connectivity index (χ0n) is 14.0. The van der Waals surface area contributed by atoms with Crippen LogP contribution in [0.4, 0.5) is 0 Å². The molecule has 0 aliphatic rings. The fourth-order valence-electron chi connectivity index (χ4n) is 2.39. The van der Waals surface area contributed by atoms with Crippen molar-refractivity contribution in [3.8, 4) is 0 Å². The molecule has 0 spiro atoms. The second-order valence-electron chi connectivity index (χ2n) is 6.31. The maximum Gasteiger partial charge on any atom is 0.0692 e. The number of benzene rings is 2. The van der Waals surface area contributed by atoms with Crippen molar-refractivity contribution in [2.45, 2.75) is 54.8 Å². The predicted molar refractivity (Wildman–Crippen MR) is 102 cm³/mol. The van der Waals surface area contributed by atoms with E-state index in [0.29, 0.717) is 0 Å². The first-order chi connectivity index (χ1) is 11.0. The van der Waals surface area contributed by atoms with Crippen LogP contribution < -0.4 is 5.14 Å². The Bertz CT molecular complexity index is 656. The molecular formula is C19H25NOS2. The molecule has 3 N–H and O–H groups in total. The van der Waals surface area contributed by atoms with Gasteiger partial charge in [-0.2, -0.15) is 0 Å². The molecule has 0 fully saturated rings. The zero-order chi connectivity index (χ0) is 16.9. The molecule has 2 aromatic carbocycles. The molecule has 0 saturated heterocycles. The molecule has 0 saturated carbocycles. The van der Waals surface area contributed by atoms with Crippen LogP contribution in [-0.4, -0.2) is 9.85 Å². The second kappa shape index (κ2) is 8.25. The highest BCUT2D eigenvalue weighted by atomic mass is 32.2. The summed E-state index contributed by atoms with van der Waals surface area (Å²) in [5, 5.41) is 15.3. The van der Waals surface area contributed by atoms with E-state index in [0.717, 1.165) is 23.3 Å². The lowest BCUT2D eigenvalue weighted by Crippen LogP contribution is -2.18. The van der Waals surface area contributed by atoms with Crippen molar-refractivity contribution >= 4 is 23.7 Å². The van der Waals surface area contributed by atoms with Crippen molar-refractivity contribution in [2.24, 2.45) is 5.14 Å². The van der Waals surface area contributed by atoms with Gasteiger partial charge in [0, 0.05) is 14.5 Å². The number of hydrogen-bond acceptors (Lipinski definition) is 4. The van der Waals surface area contributed by atoms with Crippen LogP contribution in [0.2, 0.25) is 0 Å². The van der Waals surface area contributed by atoms with Crippen molar-refractivity contribution in [3.63, 3.8) is 0 Å². The first-order valence-corrected chi connectivity index (χ1v) is 9.49. The molecule has 0 aliphatic heterocycles. The van der Waals surface area contributed by atoms with E-state index in [1.54, 1.807) is 11.8 Å². The number of aliphatic hydroxyl groups excluding tert-OH is 1. The Morgan fingerprint density at radius 3 is 2.43 bits per heavy atom. The number of rotatable bonds is 7. The highest BCUT2D eigenvalue weighted by Crippen LogP contribution is 2.36. The molecule has 0 bridgehead atoms. The standard InChI is InChI=1S/C19H25NOS2/c1-14-7-6-9-15(11-12-19(2,3)23-20)18(14)22-17-10-5-4-8-16(17)13-21/h4-10,21H,11-13,20H2,1-3H3. The van der Waals surface area contributed by atoms with Gasteiger partial charge >= 0.3 is 0 Å². The molecule has 0 atom stereocenters. The first-order valence-electron chi connectivity index (χ1n) is 7.80. The minimum Gasteiger partial charge on any atom is -0.392 e. The van der Waals surface area contributed by atoms with E-state index in [9.17, 15) is 5.11 Å². The van der Waals surface area contributed by atoms with Crippen molar-refractivity contribution in [2.75, 3.05) is 0 Å². The SMILES string of the molecule is Cc1cccc(CCC(C)(C)SN)c1Sc1ccccc1CO. The van der Waals surface area contributed by atoms with E-state index >= 15 is 0 Å². The Balaban J connectivity index is 2.27. The average molecular weight is 348 g/mol. The van der Waals surface area contributed by atoms with E-state index in [1.807, 2.05) is 18.2 Å². The maximum absolute atomic E-state index is 9.55. The molecule has 2 rings (SSSR count). The van der Waals surface area contributed by atoms with Gasteiger partial charge < -0.3 is 5.11 Å². The Morgan fingerprint density at radius 2 is 1.74 bits per heavy atom. The predicted octanol–water partition coefficient (Wildman–Crippen LogP) is 4.96. The topological polar surface area (TPSA) is 46.2 Å². The second-order valence-corrected chi connectivity index (χ2v) is 8.70. The number of aryl methyl sites for hydroxylation is 2. The van der Waals surface area contributed by atoms with Crippen molar-refractivity contribution in [3.05, 3.63) is 59.2 Å². The van der Waals surface area contributed by atoms with Crippen LogP contribution in [0.5, 0.6) is 0 Å². The lowest BCUT2D eigenvalue weighted by atomic mass is 10.0. The van der Waals surface area contributed by atoms with Gasteiger partial charge in [-0.1, -0.05) is 60.1 Å². The van der Waals surface area contributed by atoms with Crippen molar-refractivity contribution < 1.29 is 5.11 Å². The van der Waals surface area contributed by atoms with Gasteiger partial charge in [0.05, 0.1) is 6.61 Å². The normalized spacial score (nSPS) is 11.7. The van der Waals surface area contributed by atoms with Gasteiger partial charge in [0.25, 0.3) is 0 Å². The van der Waals surface area contributed by atoms with Crippen LogP contribution in [0.15, 0.2) is 52.3 Å². The number of aliphatic hydroxyl groups is 1. The summed E-state index contributed by atoms with van der Waals surface area (Å²) in [5.41, 5.74) is 3.60. The molecule has 2 nitrogen and oxygen atoms in total. The van der Waals surface area contributed by atoms with Gasteiger partial charge in [-0.15, -0.1) is 0 Å². The molecule has 0 amide bonds. The van der Waals surface area contributed by atoms with Crippen LogP contribution in [0.1, 0.15) is 37.0 Å². The van der Waals surface area contributed by atoms with E-state index in [-0.39, 0.29) is 11.4 Å². The lowest BCUT2D eigenvalue weighted by Gasteiger charge is -2.22. The summed E-state index contributed by atoms with van der Waals surface area (Å²) in [6.07, 6.45) is 2.04. The van der Waals surface area contributed by atoms with Crippen LogP contribution in [0.25, 0.3) is 0 Å². The Morgan fingerprint density at radius 1 is 1.04 bits per heavy atom. The highest BCUT2D eigenvalue weighted by Gasteiger charge is 2.18. The Hall–Kier alpha value is -0.940. The summed E-state index contributed by atoms with van der Waals surface area (Å²) < 4.78 is 0.0781. The molecule has 0 heterocycles. The zero-order valence-corrected chi connectivity index (χ0v) is 15.6. The highest BCUT2D eigenvalue weighted by molar-refractivity contribution is 7.99. The summed E-state index contributed by atoms with van der Waals surface area (Å²) in [5.74, 6) is 0. The van der Waals surface area contributed by atoms with E-state index in [4.69, 9.17) is 5.14 Å². The van der Waals surface area contributed by atoms with Crippen LogP contribution in [0, 0.1) is 6.92 Å². The summed E-state index contributed by atoms with van der Waals surface area (Å²) in [7, 11) is 0. The molecule has 0 unspecified atom stereocenters. The van der Waals surface area contributed by atoms with Crippen molar-refractivity contribution in [1.29, 1.82) is 0 Å². The largest absolute Gasteiger partial charge is 0.392 e. The van der Waals surface area contributed by atoms with E-state index in [2.05, 4.69) is 45.0 Å². The lowest BCUT2D eigenvalue weighted by molar-refractivity contribution is 0.279. The Kier molecular flexibility index (Phi) is 6.60. The van der Waals surface area contributed by atoms with Gasteiger partial charge in [0.15, 0.2) is 0 Å². The smallest absolute Gasteiger partial charge is 0.0692 e. The van der Waals surface area contributed by atoms with E-state index < -0.39 is 0 Å².